The fraction of sp³-hybridized carbons (Fsp3) is 0.429. The van der Waals surface area contributed by atoms with Crippen LogP contribution in [0.25, 0.3) is 0 Å². The summed E-state index contributed by atoms with van der Waals surface area (Å²) in [4.78, 5) is 8.71. The third-order valence-electron chi connectivity index (χ3n) is 5.07. The predicted molar refractivity (Wildman–Crippen MR) is 110 cm³/mol. The van der Waals surface area contributed by atoms with Gasteiger partial charge < -0.3 is 10.1 Å². The van der Waals surface area contributed by atoms with Gasteiger partial charge in [0.2, 0.25) is 5.95 Å². The van der Waals surface area contributed by atoms with Crippen molar-refractivity contribution in [3.63, 3.8) is 0 Å². The van der Waals surface area contributed by atoms with Gasteiger partial charge in [-0.2, -0.15) is 10.2 Å². The average molecular weight is 401 g/mol. The molecule has 0 radical (unpaired) electrons. The van der Waals surface area contributed by atoms with E-state index in [2.05, 4.69) is 31.6 Å². The number of benzene rings is 1. The van der Waals surface area contributed by atoms with Crippen molar-refractivity contribution in [1.29, 1.82) is 0 Å². The lowest BCUT2D eigenvalue weighted by atomic mass is 9.72. The minimum atomic E-state index is -2.59. The Morgan fingerprint density at radius 3 is 2.38 bits per heavy atom. The molecule has 2 heterocycles. The summed E-state index contributed by atoms with van der Waals surface area (Å²) in [5.41, 5.74) is 1.76. The summed E-state index contributed by atoms with van der Waals surface area (Å²) in [6.07, 6.45) is 3.70. The molecule has 2 aromatic rings. The average Bonchev–Trinajstić information content (AvgIpc) is 3.23. The first-order valence-electron chi connectivity index (χ1n) is 9.76. The quantitative estimate of drug-likeness (QED) is 0.754. The molecule has 0 atom stereocenters. The molecule has 0 amide bonds. The maximum Gasteiger partial charge on any atom is 0.278 e. The Hall–Kier alpha value is -2.90. The Balaban J connectivity index is 0.00000117. The molecule has 0 unspecified atom stereocenters. The number of alkyl halides is 2. The predicted octanol–water partition coefficient (Wildman–Crippen LogP) is 4.82. The van der Waals surface area contributed by atoms with Crippen LogP contribution in [0.1, 0.15) is 50.7 Å². The lowest BCUT2D eigenvalue weighted by molar-refractivity contribution is 0.224. The van der Waals surface area contributed by atoms with Gasteiger partial charge in [0.05, 0.1) is 18.4 Å². The van der Waals surface area contributed by atoms with Crippen LogP contribution in [-0.4, -0.2) is 34.9 Å². The second-order valence-electron chi connectivity index (χ2n) is 6.70. The van der Waals surface area contributed by atoms with Crippen LogP contribution in [0.3, 0.4) is 0 Å². The van der Waals surface area contributed by atoms with Crippen LogP contribution in [0.4, 0.5) is 14.7 Å². The van der Waals surface area contributed by atoms with Crippen molar-refractivity contribution in [3.8, 4) is 5.75 Å². The van der Waals surface area contributed by atoms with Crippen LogP contribution in [0, 0.1) is 0 Å². The highest BCUT2D eigenvalue weighted by Crippen LogP contribution is 2.44. The van der Waals surface area contributed by atoms with Gasteiger partial charge in [0.15, 0.2) is 0 Å². The molecular weight excluding hydrogens is 376 g/mol. The van der Waals surface area contributed by atoms with E-state index in [0.29, 0.717) is 17.2 Å². The molecule has 4 rings (SSSR count). The maximum atomic E-state index is 12.7. The Bertz CT molecular complexity index is 892. The molecule has 1 saturated carbocycles. The van der Waals surface area contributed by atoms with E-state index < -0.39 is 6.43 Å². The molecule has 29 heavy (non-hydrogen) atoms. The zero-order chi connectivity index (χ0) is 20.9. The summed E-state index contributed by atoms with van der Waals surface area (Å²) >= 11 is 0. The fourth-order valence-electron chi connectivity index (χ4n) is 3.34. The first-order chi connectivity index (χ1) is 14.1. The van der Waals surface area contributed by atoms with Crippen LogP contribution in [-0.2, 0) is 5.54 Å². The molecule has 0 saturated heterocycles. The van der Waals surface area contributed by atoms with Gasteiger partial charge in [-0.15, -0.1) is 0 Å². The second kappa shape index (κ2) is 9.07. The lowest BCUT2D eigenvalue weighted by Gasteiger charge is -2.43. The Kier molecular flexibility index (Phi) is 6.51. The Labute approximate surface area is 169 Å². The third-order valence-corrected chi connectivity index (χ3v) is 5.07. The third kappa shape index (κ3) is 4.41. The molecular formula is C21H25F2N5O. The number of halogens is 2. The van der Waals surface area contributed by atoms with Gasteiger partial charge in [0.25, 0.3) is 6.43 Å². The zero-order valence-electron chi connectivity index (χ0n) is 16.8. The number of rotatable bonds is 6. The van der Waals surface area contributed by atoms with Crippen LogP contribution in [0.2, 0.25) is 0 Å². The van der Waals surface area contributed by atoms with Gasteiger partial charge in [-0.25, -0.2) is 18.7 Å². The fourth-order valence-corrected chi connectivity index (χ4v) is 3.34. The monoisotopic (exact) mass is 401 g/mol. The van der Waals surface area contributed by atoms with E-state index in [-0.39, 0.29) is 17.7 Å². The van der Waals surface area contributed by atoms with Crippen LogP contribution in [0.15, 0.2) is 46.9 Å². The minimum Gasteiger partial charge on any atom is -0.497 e. The molecule has 0 spiro atoms. The molecule has 1 aliphatic carbocycles. The van der Waals surface area contributed by atoms with Crippen molar-refractivity contribution >= 4 is 17.4 Å². The molecule has 1 N–H and O–H groups in total. The molecule has 1 fully saturated rings. The molecule has 1 aliphatic heterocycles. The van der Waals surface area contributed by atoms with Gasteiger partial charge >= 0.3 is 0 Å². The van der Waals surface area contributed by atoms with E-state index in [1.54, 1.807) is 19.5 Å². The molecule has 1 aromatic carbocycles. The minimum absolute atomic E-state index is 0.0293. The van der Waals surface area contributed by atoms with E-state index in [9.17, 15) is 8.78 Å². The van der Waals surface area contributed by atoms with Crippen LogP contribution >= 0.6 is 0 Å². The van der Waals surface area contributed by atoms with Gasteiger partial charge in [0.1, 0.15) is 11.5 Å². The van der Waals surface area contributed by atoms with E-state index >= 15 is 0 Å². The van der Waals surface area contributed by atoms with E-state index in [0.717, 1.165) is 30.6 Å². The largest absolute Gasteiger partial charge is 0.497 e. The van der Waals surface area contributed by atoms with E-state index in [1.807, 2.05) is 32.0 Å². The van der Waals surface area contributed by atoms with Gasteiger partial charge in [-0.3, -0.25) is 0 Å². The smallest absolute Gasteiger partial charge is 0.278 e. The lowest BCUT2D eigenvalue weighted by Crippen LogP contribution is -2.42. The Morgan fingerprint density at radius 1 is 1.10 bits per heavy atom. The highest BCUT2D eigenvalue weighted by molar-refractivity contribution is 6.15. The van der Waals surface area contributed by atoms with Crippen LogP contribution in [0.5, 0.6) is 5.75 Å². The standard InChI is InChI=1S/C19H19F2N5O.C2H6/c1-27-14-5-2-4-13(8-14)19(6-3-7-19)24-18-22-10-12(11-23-18)15-9-16(17(20)21)26-25-15;1-2/h2,4-5,8,10-11,17H,3,6-7,9H2,1H3,(H,22,23,24);1-2H3. The van der Waals surface area contributed by atoms with Crippen molar-refractivity contribution in [2.24, 2.45) is 10.2 Å². The molecule has 1 aromatic heterocycles. The number of nitrogens with one attached hydrogen (secondary N) is 1. The summed E-state index contributed by atoms with van der Waals surface area (Å²) in [5, 5.41) is 10.8. The Morgan fingerprint density at radius 2 is 1.83 bits per heavy atom. The number of methoxy groups -OCH3 is 1. The summed E-state index contributed by atoms with van der Waals surface area (Å²) in [7, 11) is 1.65. The number of hydrogen-bond acceptors (Lipinski definition) is 6. The summed E-state index contributed by atoms with van der Waals surface area (Å²) in [6.45, 7) is 4.00. The first kappa shape index (κ1) is 20.8. The zero-order valence-corrected chi connectivity index (χ0v) is 16.8. The summed E-state index contributed by atoms with van der Waals surface area (Å²) in [5.74, 6) is 1.31. The van der Waals surface area contributed by atoms with Gasteiger partial charge in [0, 0.05) is 24.4 Å². The molecule has 154 valence electrons. The first-order valence-corrected chi connectivity index (χ1v) is 9.76. The summed E-state index contributed by atoms with van der Waals surface area (Å²) < 4.78 is 30.7. The van der Waals surface area contributed by atoms with E-state index in [4.69, 9.17) is 4.74 Å². The molecule has 2 aliphatic rings. The van der Waals surface area contributed by atoms with Crippen molar-refractivity contribution < 1.29 is 13.5 Å². The molecule has 8 heteroatoms. The van der Waals surface area contributed by atoms with Crippen LogP contribution < -0.4 is 10.1 Å². The SMILES string of the molecule is CC.COc1cccc(C2(Nc3ncc(C4=NN=C(C(F)F)C4)cn3)CCC2)c1. The molecule has 6 nitrogen and oxygen atoms in total. The van der Waals surface area contributed by atoms with Crippen molar-refractivity contribution in [2.45, 2.75) is 51.5 Å². The highest BCUT2D eigenvalue weighted by Gasteiger charge is 2.39. The van der Waals surface area contributed by atoms with Crippen molar-refractivity contribution in [1.82, 2.24) is 9.97 Å². The number of aromatic nitrogens is 2. The summed E-state index contributed by atoms with van der Waals surface area (Å²) in [6, 6.07) is 7.98. The van der Waals surface area contributed by atoms with Crippen molar-refractivity contribution in [3.05, 3.63) is 47.8 Å². The number of hydrogen-bond donors (Lipinski definition) is 1. The van der Waals surface area contributed by atoms with Gasteiger partial charge in [-0.05, 0) is 37.0 Å². The topological polar surface area (TPSA) is 71.8 Å². The van der Waals surface area contributed by atoms with Gasteiger partial charge in [-0.1, -0.05) is 26.0 Å². The number of nitrogens with zero attached hydrogens (tertiary/aromatic N) is 4. The number of ether oxygens (including phenoxy) is 1. The normalized spacial score (nSPS) is 16.9. The number of anilines is 1. The molecule has 0 bridgehead atoms. The highest BCUT2D eigenvalue weighted by atomic mass is 19.3. The van der Waals surface area contributed by atoms with Crippen molar-refractivity contribution in [2.75, 3.05) is 12.4 Å². The maximum absolute atomic E-state index is 12.7. The second-order valence-corrected chi connectivity index (χ2v) is 6.70. The van der Waals surface area contributed by atoms with E-state index in [1.165, 1.54) is 0 Å².